The minimum atomic E-state index is -3.67. The van der Waals surface area contributed by atoms with E-state index in [9.17, 15) is 27.9 Å². The Bertz CT molecular complexity index is 1410. The predicted octanol–water partition coefficient (Wildman–Crippen LogP) is 2.45. The zero-order valence-electron chi connectivity index (χ0n) is 19.3. The number of nitrogens with one attached hydrogen (secondary N) is 3. The van der Waals surface area contributed by atoms with Crippen LogP contribution in [0.2, 0.25) is 0 Å². The SMILES string of the molecule is CNC(=O)c1ccc(-c2ccccc2C(=O)Nc2ccc(C(=N)N)cc2)c(C(=O)O)c1.CS(=O)(=O)O. The summed E-state index contributed by atoms with van der Waals surface area (Å²) in [5.74, 6) is -2.13. The van der Waals surface area contributed by atoms with Crippen molar-refractivity contribution in [3.8, 4) is 11.1 Å². The summed E-state index contributed by atoms with van der Waals surface area (Å²) in [4.78, 5) is 36.7. The molecule has 0 heterocycles. The molecule has 36 heavy (non-hydrogen) atoms. The number of hydrogen-bond donors (Lipinski definition) is 6. The van der Waals surface area contributed by atoms with Gasteiger partial charge in [0.2, 0.25) is 0 Å². The molecular weight excluding hydrogens is 488 g/mol. The van der Waals surface area contributed by atoms with Crippen molar-refractivity contribution in [3.63, 3.8) is 0 Å². The largest absolute Gasteiger partial charge is 0.478 e. The van der Waals surface area contributed by atoms with Crippen LogP contribution in [0.25, 0.3) is 11.1 Å². The number of nitrogens with two attached hydrogens (primary N) is 1. The summed E-state index contributed by atoms with van der Waals surface area (Å²) in [5.41, 5.74) is 7.59. The number of anilines is 1. The van der Waals surface area contributed by atoms with Crippen LogP contribution in [0.1, 0.15) is 36.6 Å². The quantitative estimate of drug-likeness (QED) is 0.164. The molecule has 0 aliphatic heterocycles. The highest BCUT2D eigenvalue weighted by molar-refractivity contribution is 7.85. The Morgan fingerprint density at radius 2 is 1.39 bits per heavy atom. The number of carboxylic acids is 1. The van der Waals surface area contributed by atoms with Crippen LogP contribution in [-0.4, -0.2) is 55.0 Å². The lowest BCUT2D eigenvalue weighted by Gasteiger charge is -2.13. The second-order valence-electron chi connectivity index (χ2n) is 7.37. The van der Waals surface area contributed by atoms with Gasteiger partial charge in [0.1, 0.15) is 5.84 Å². The van der Waals surface area contributed by atoms with E-state index in [1.807, 2.05) is 0 Å². The van der Waals surface area contributed by atoms with Gasteiger partial charge in [0.05, 0.1) is 11.8 Å². The number of hydrogen-bond acceptors (Lipinski definition) is 6. The molecule has 0 aliphatic rings. The van der Waals surface area contributed by atoms with E-state index in [1.54, 1.807) is 48.5 Å². The first-order chi connectivity index (χ1) is 16.8. The number of nitrogen functional groups attached to an aromatic ring is 1. The first kappa shape index (κ1) is 27.7. The Morgan fingerprint density at radius 1 is 0.861 bits per heavy atom. The summed E-state index contributed by atoms with van der Waals surface area (Å²) in [6, 6.07) is 17.4. The maximum Gasteiger partial charge on any atom is 0.336 e. The zero-order chi connectivity index (χ0) is 27.0. The van der Waals surface area contributed by atoms with Crippen molar-refractivity contribution in [2.75, 3.05) is 18.6 Å². The summed E-state index contributed by atoms with van der Waals surface area (Å²) >= 11 is 0. The van der Waals surface area contributed by atoms with Crippen LogP contribution in [0.5, 0.6) is 0 Å². The molecule has 0 radical (unpaired) electrons. The molecular formula is C24H24N4O7S. The lowest BCUT2D eigenvalue weighted by Crippen LogP contribution is -2.18. The number of amidine groups is 1. The van der Waals surface area contributed by atoms with Gasteiger partial charge in [-0.3, -0.25) is 19.6 Å². The Hall–Kier alpha value is -4.55. The fourth-order valence-corrected chi connectivity index (χ4v) is 3.09. The van der Waals surface area contributed by atoms with Gasteiger partial charge in [-0.05, 0) is 53.6 Å². The minimum absolute atomic E-state index is 0.0791. The van der Waals surface area contributed by atoms with Crippen molar-refractivity contribution < 1.29 is 32.5 Å². The Balaban J connectivity index is 0.000000830. The molecule has 0 fully saturated rings. The molecule has 0 saturated heterocycles. The number of carboxylic acid groups (broad SMARTS) is 1. The van der Waals surface area contributed by atoms with E-state index in [0.29, 0.717) is 28.6 Å². The molecule has 3 aromatic rings. The van der Waals surface area contributed by atoms with Gasteiger partial charge in [0.25, 0.3) is 21.9 Å². The fraction of sp³-hybridized carbons (Fsp3) is 0.0833. The third-order valence-electron chi connectivity index (χ3n) is 4.65. The van der Waals surface area contributed by atoms with Crippen molar-refractivity contribution in [1.29, 1.82) is 5.41 Å². The molecule has 3 rings (SSSR count). The van der Waals surface area contributed by atoms with E-state index in [4.69, 9.17) is 15.7 Å². The van der Waals surface area contributed by atoms with Gasteiger partial charge in [-0.2, -0.15) is 8.42 Å². The second-order valence-corrected chi connectivity index (χ2v) is 8.83. The third kappa shape index (κ3) is 7.75. The van der Waals surface area contributed by atoms with E-state index < -0.39 is 27.9 Å². The standard InChI is InChI=1S/C23H20N4O4.CH4O3S/c1-26-21(28)14-8-11-17(19(12-14)23(30)31)16-4-2-3-5-18(16)22(29)27-15-9-6-13(7-10-15)20(24)25;1-5(2,3)4/h2-12H,1H3,(H3,24,25)(H,26,28)(H,27,29)(H,30,31);1H3,(H,2,3,4). The fourth-order valence-electron chi connectivity index (χ4n) is 3.09. The predicted molar refractivity (Wildman–Crippen MR) is 135 cm³/mol. The summed E-state index contributed by atoms with van der Waals surface area (Å²) in [5, 5.41) is 22.3. The zero-order valence-corrected chi connectivity index (χ0v) is 20.1. The molecule has 12 heteroatoms. The molecule has 7 N–H and O–H groups in total. The Kier molecular flexibility index (Phi) is 9.02. The van der Waals surface area contributed by atoms with Crippen molar-refractivity contribution >= 4 is 39.4 Å². The van der Waals surface area contributed by atoms with Gasteiger partial charge in [-0.15, -0.1) is 0 Å². The maximum atomic E-state index is 12.9. The molecule has 0 saturated carbocycles. The number of amides is 2. The monoisotopic (exact) mass is 512 g/mol. The lowest BCUT2D eigenvalue weighted by molar-refractivity contribution is 0.0697. The van der Waals surface area contributed by atoms with Gasteiger partial charge in [0, 0.05) is 29.4 Å². The molecule has 11 nitrogen and oxygen atoms in total. The van der Waals surface area contributed by atoms with Gasteiger partial charge < -0.3 is 21.5 Å². The summed E-state index contributed by atoms with van der Waals surface area (Å²) in [7, 11) is -2.21. The van der Waals surface area contributed by atoms with Crippen molar-refractivity contribution in [2.24, 2.45) is 5.73 Å². The molecule has 0 atom stereocenters. The van der Waals surface area contributed by atoms with Crippen molar-refractivity contribution in [2.45, 2.75) is 0 Å². The first-order valence-electron chi connectivity index (χ1n) is 10.2. The lowest BCUT2D eigenvalue weighted by atomic mass is 9.93. The number of carbonyl (C=O) groups excluding carboxylic acids is 2. The normalized spacial score (nSPS) is 10.4. The minimum Gasteiger partial charge on any atom is -0.478 e. The smallest absolute Gasteiger partial charge is 0.336 e. The van der Waals surface area contributed by atoms with Crippen LogP contribution in [0.4, 0.5) is 5.69 Å². The molecule has 0 spiro atoms. The molecule has 3 aromatic carbocycles. The van der Waals surface area contributed by atoms with Crippen LogP contribution in [0, 0.1) is 5.41 Å². The number of aromatic carboxylic acids is 1. The van der Waals surface area contributed by atoms with Gasteiger partial charge in [-0.1, -0.05) is 24.3 Å². The average molecular weight is 513 g/mol. The molecule has 0 aromatic heterocycles. The Morgan fingerprint density at radius 3 is 1.92 bits per heavy atom. The van der Waals surface area contributed by atoms with Crippen LogP contribution in [0.3, 0.4) is 0 Å². The van der Waals surface area contributed by atoms with Crippen molar-refractivity contribution in [3.05, 3.63) is 89.0 Å². The topological polar surface area (TPSA) is 200 Å². The maximum absolute atomic E-state index is 12.9. The number of carbonyl (C=O) groups is 3. The molecule has 0 unspecified atom stereocenters. The van der Waals surface area contributed by atoms with Gasteiger partial charge >= 0.3 is 5.97 Å². The van der Waals surface area contributed by atoms with E-state index in [1.165, 1.54) is 25.2 Å². The molecule has 188 valence electrons. The molecule has 2 amide bonds. The summed E-state index contributed by atoms with van der Waals surface area (Å²) in [6.45, 7) is 0. The van der Waals surface area contributed by atoms with E-state index >= 15 is 0 Å². The van der Waals surface area contributed by atoms with Crippen LogP contribution in [0.15, 0.2) is 66.7 Å². The molecule has 0 bridgehead atoms. The van der Waals surface area contributed by atoms with Crippen molar-refractivity contribution in [1.82, 2.24) is 5.32 Å². The first-order valence-corrected chi connectivity index (χ1v) is 12.0. The van der Waals surface area contributed by atoms with Crippen LogP contribution >= 0.6 is 0 Å². The van der Waals surface area contributed by atoms with E-state index in [2.05, 4.69) is 10.6 Å². The van der Waals surface area contributed by atoms with Gasteiger partial charge in [-0.25, -0.2) is 4.79 Å². The third-order valence-corrected chi connectivity index (χ3v) is 4.65. The number of rotatable bonds is 6. The van der Waals surface area contributed by atoms with Crippen LogP contribution in [-0.2, 0) is 10.1 Å². The summed E-state index contributed by atoms with van der Waals surface area (Å²) in [6.07, 6.45) is 0.715. The van der Waals surface area contributed by atoms with E-state index in [-0.39, 0.29) is 22.5 Å². The van der Waals surface area contributed by atoms with Gasteiger partial charge in [0.15, 0.2) is 0 Å². The van der Waals surface area contributed by atoms with E-state index in [0.717, 1.165) is 0 Å². The Labute approximate surface area is 207 Å². The second kappa shape index (κ2) is 11.7. The van der Waals surface area contributed by atoms with Crippen LogP contribution < -0.4 is 16.4 Å². The highest BCUT2D eigenvalue weighted by atomic mass is 32.2. The number of benzene rings is 3. The highest BCUT2D eigenvalue weighted by Gasteiger charge is 2.20. The molecule has 0 aliphatic carbocycles. The average Bonchev–Trinajstić information content (AvgIpc) is 2.82. The highest BCUT2D eigenvalue weighted by Crippen LogP contribution is 2.29. The summed E-state index contributed by atoms with van der Waals surface area (Å²) < 4.78 is 25.9.